The summed E-state index contributed by atoms with van der Waals surface area (Å²) in [5.74, 6) is -0.886. The van der Waals surface area contributed by atoms with Crippen molar-refractivity contribution in [2.24, 2.45) is 0 Å². The lowest BCUT2D eigenvalue weighted by atomic mass is 10.2. The van der Waals surface area contributed by atoms with Gasteiger partial charge >= 0.3 is 0 Å². The number of halogens is 2. The van der Waals surface area contributed by atoms with E-state index in [1.165, 1.54) is 0 Å². The molecule has 17 heavy (non-hydrogen) atoms. The first-order valence-electron chi connectivity index (χ1n) is 5.59. The molecule has 0 unspecified atom stereocenters. The van der Waals surface area contributed by atoms with Crippen molar-refractivity contribution in [3.63, 3.8) is 0 Å². The molecule has 5 heteroatoms. The summed E-state index contributed by atoms with van der Waals surface area (Å²) >= 11 is 5.00. The molecule has 0 bridgehead atoms. The number of unbranched alkanes of at least 4 members (excludes halogenated alkanes) is 1. The van der Waals surface area contributed by atoms with Gasteiger partial charge in [0.15, 0.2) is 5.11 Å². The van der Waals surface area contributed by atoms with Crippen LogP contribution in [0, 0.1) is 11.6 Å². The van der Waals surface area contributed by atoms with Crippen LogP contribution in [0.5, 0.6) is 0 Å². The minimum atomic E-state index is -0.451. The van der Waals surface area contributed by atoms with E-state index in [0.717, 1.165) is 37.6 Å². The van der Waals surface area contributed by atoms with E-state index in [1.807, 2.05) is 0 Å². The maximum absolute atomic E-state index is 13.3. The minimum Gasteiger partial charge on any atom is -0.363 e. The summed E-state index contributed by atoms with van der Waals surface area (Å²) in [6, 6.07) is 3.37. The van der Waals surface area contributed by atoms with Crippen LogP contribution in [0.25, 0.3) is 0 Å². The van der Waals surface area contributed by atoms with E-state index in [-0.39, 0.29) is 12.1 Å². The Hall–Kier alpha value is -1.23. The van der Waals surface area contributed by atoms with Crippen molar-refractivity contribution >= 4 is 17.3 Å². The predicted molar refractivity (Wildman–Crippen MR) is 68.7 cm³/mol. The van der Waals surface area contributed by atoms with Gasteiger partial charge in [0.05, 0.1) is 0 Å². The average Bonchev–Trinajstić information content (AvgIpc) is 2.31. The lowest BCUT2D eigenvalue weighted by Gasteiger charge is -2.10. The maximum Gasteiger partial charge on any atom is 0.166 e. The lowest BCUT2D eigenvalue weighted by Crippen LogP contribution is -2.35. The minimum absolute atomic E-state index is 0.182. The molecule has 2 N–H and O–H groups in total. The van der Waals surface area contributed by atoms with Crippen molar-refractivity contribution < 1.29 is 8.78 Å². The highest BCUT2D eigenvalue weighted by Crippen LogP contribution is 2.08. The summed E-state index contributed by atoms with van der Waals surface area (Å²) in [6.07, 6.45) is 2.10. The molecule has 0 saturated heterocycles. The van der Waals surface area contributed by atoms with Crippen LogP contribution in [0.3, 0.4) is 0 Å². The van der Waals surface area contributed by atoms with Crippen LogP contribution in [-0.2, 0) is 6.54 Å². The molecule has 0 atom stereocenters. The van der Waals surface area contributed by atoms with Crippen molar-refractivity contribution in [2.45, 2.75) is 26.3 Å². The van der Waals surface area contributed by atoms with Gasteiger partial charge in [-0.15, -0.1) is 0 Å². The zero-order valence-corrected chi connectivity index (χ0v) is 10.5. The summed E-state index contributed by atoms with van der Waals surface area (Å²) < 4.78 is 26.1. The number of nitrogens with one attached hydrogen (secondary N) is 2. The molecule has 0 radical (unpaired) electrons. The van der Waals surface area contributed by atoms with Gasteiger partial charge in [-0.1, -0.05) is 13.3 Å². The highest BCUT2D eigenvalue weighted by Gasteiger charge is 2.04. The largest absolute Gasteiger partial charge is 0.363 e. The first-order valence-corrected chi connectivity index (χ1v) is 6.00. The van der Waals surface area contributed by atoms with Crippen LogP contribution < -0.4 is 10.6 Å². The molecule has 1 aromatic rings. The lowest BCUT2D eigenvalue weighted by molar-refractivity contribution is 0.581. The quantitative estimate of drug-likeness (QED) is 0.627. The number of rotatable bonds is 5. The monoisotopic (exact) mass is 258 g/mol. The van der Waals surface area contributed by atoms with Crippen LogP contribution >= 0.6 is 12.2 Å². The molecule has 0 aliphatic heterocycles. The third kappa shape index (κ3) is 5.08. The zero-order valence-electron chi connectivity index (χ0n) is 9.72. The van der Waals surface area contributed by atoms with E-state index in [2.05, 4.69) is 17.6 Å². The van der Waals surface area contributed by atoms with E-state index in [1.54, 1.807) is 0 Å². The maximum atomic E-state index is 13.3. The van der Waals surface area contributed by atoms with Crippen LogP contribution in [0.1, 0.15) is 25.3 Å². The molecular weight excluding hydrogens is 242 g/mol. The first-order chi connectivity index (χ1) is 8.13. The molecule has 0 aliphatic rings. The first kappa shape index (κ1) is 13.8. The van der Waals surface area contributed by atoms with E-state index >= 15 is 0 Å². The van der Waals surface area contributed by atoms with Crippen molar-refractivity contribution in [3.05, 3.63) is 35.4 Å². The molecular formula is C12H16F2N2S. The second-order valence-electron chi connectivity index (χ2n) is 3.70. The van der Waals surface area contributed by atoms with Crippen molar-refractivity contribution in [2.75, 3.05) is 6.54 Å². The van der Waals surface area contributed by atoms with Gasteiger partial charge in [0.2, 0.25) is 0 Å². The fraction of sp³-hybridized carbons (Fsp3) is 0.417. The van der Waals surface area contributed by atoms with Crippen LogP contribution in [0.15, 0.2) is 18.2 Å². The molecule has 0 spiro atoms. The summed E-state index contributed by atoms with van der Waals surface area (Å²) in [5.41, 5.74) is 0.268. The Morgan fingerprint density at radius 1 is 1.29 bits per heavy atom. The van der Waals surface area contributed by atoms with E-state index < -0.39 is 11.6 Å². The summed E-state index contributed by atoms with van der Waals surface area (Å²) in [6.45, 7) is 3.05. The Labute approximate surface area is 105 Å². The summed E-state index contributed by atoms with van der Waals surface area (Å²) in [7, 11) is 0. The van der Waals surface area contributed by atoms with Crippen LogP contribution in [0.4, 0.5) is 8.78 Å². The van der Waals surface area contributed by atoms with Gasteiger partial charge in [-0.3, -0.25) is 0 Å². The highest BCUT2D eigenvalue weighted by molar-refractivity contribution is 7.80. The normalized spacial score (nSPS) is 10.1. The number of hydrogen-bond acceptors (Lipinski definition) is 1. The molecule has 0 heterocycles. The smallest absolute Gasteiger partial charge is 0.166 e. The zero-order chi connectivity index (χ0) is 12.7. The fourth-order valence-electron chi connectivity index (χ4n) is 1.30. The Bertz CT molecular complexity index is 383. The van der Waals surface area contributed by atoms with Crippen molar-refractivity contribution in [1.29, 1.82) is 0 Å². The number of benzene rings is 1. The Morgan fingerprint density at radius 3 is 2.76 bits per heavy atom. The number of hydrogen-bond donors (Lipinski definition) is 2. The van der Waals surface area contributed by atoms with E-state index in [4.69, 9.17) is 12.2 Å². The Kier molecular flexibility index (Phi) is 5.83. The molecule has 0 saturated carbocycles. The highest BCUT2D eigenvalue weighted by atomic mass is 32.1. The third-order valence-corrected chi connectivity index (χ3v) is 2.55. The van der Waals surface area contributed by atoms with E-state index in [0.29, 0.717) is 5.11 Å². The van der Waals surface area contributed by atoms with E-state index in [9.17, 15) is 8.78 Å². The van der Waals surface area contributed by atoms with Crippen molar-refractivity contribution in [3.8, 4) is 0 Å². The molecule has 2 nitrogen and oxygen atoms in total. The second kappa shape index (κ2) is 7.17. The van der Waals surface area contributed by atoms with Gasteiger partial charge in [0.25, 0.3) is 0 Å². The molecule has 0 fully saturated rings. The van der Waals surface area contributed by atoms with Gasteiger partial charge in [-0.25, -0.2) is 8.78 Å². The predicted octanol–water partition coefficient (Wildman–Crippen LogP) is 2.73. The van der Waals surface area contributed by atoms with Gasteiger partial charge in [0.1, 0.15) is 11.6 Å². The Balaban J connectivity index is 2.39. The number of thiocarbonyl (C=S) groups is 1. The average molecular weight is 258 g/mol. The van der Waals surface area contributed by atoms with Gasteiger partial charge in [-0.2, -0.15) is 0 Å². The Morgan fingerprint density at radius 2 is 2.06 bits per heavy atom. The summed E-state index contributed by atoms with van der Waals surface area (Å²) in [5, 5.41) is 6.29. The van der Waals surface area contributed by atoms with Gasteiger partial charge in [-0.05, 0) is 36.8 Å². The van der Waals surface area contributed by atoms with Gasteiger partial charge < -0.3 is 10.6 Å². The topological polar surface area (TPSA) is 24.1 Å². The molecule has 94 valence electrons. The van der Waals surface area contributed by atoms with Crippen LogP contribution in [-0.4, -0.2) is 11.7 Å². The van der Waals surface area contributed by atoms with Crippen molar-refractivity contribution in [1.82, 2.24) is 10.6 Å². The molecule has 1 rings (SSSR count). The fourth-order valence-corrected chi connectivity index (χ4v) is 1.47. The molecule has 0 aliphatic carbocycles. The SMILES string of the molecule is CCCCNC(=S)NCc1cc(F)ccc1F. The second-order valence-corrected chi connectivity index (χ2v) is 4.11. The summed E-state index contributed by atoms with van der Waals surface area (Å²) in [4.78, 5) is 0. The molecule has 0 aromatic heterocycles. The standard InChI is InChI=1S/C12H16F2N2S/c1-2-3-6-15-12(17)16-8-9-7-10(13)4-5-11(9)14/h4-5,7H,2-3,6,8H2,1H3,(H2,15,16,17). The van der Waals surface area contributed by atoms with Gasteiger partial charge in [0, 0.05) is 18.7 Å². The molecule has 1 aromatic carbocycles. The van der Waals surface area contributed by atoms with Crippen LogP contribution in [0.2, 0.25) is 0 Å². The molecule has 0 amide bonds. The third-order valence-electron chi connectivity index (χ3n) is 2.26.